The second-order valence-electron chi connectivity index (χ2n) is 7.25. The van der Waals surface area contributed by atoms with Crippen molar-refractivity contribution < 1.29 is 9.53 Å². The average molecular weight is 327 g/mol. The minimum absolute atomic E-state index is 0.000147. The van der Waals surface area contributed by atoms with Gasteiger partial charge in [-0.1, -0.05) is 25.0 Å². The van der Waals surface area contributed by atoms with Crippen LogP contribution in [0.15, 0.2) is 18.2 Å². The zero-order chi connectivity index (χ0) is 16.5. The molecule has 128 valence electrons. The number of aromatic nitrogens is 2. The van der Waals surface area contributed by atoms with Gasteiger partial charge in [-0.05, 0) is 49.7 Å². The average Bonchev–Trinajstić information content (AvgIpc) is 3.24. The molecule has 1 heterocycles. The molecule has 4 rings (SSSR count). The van der Waals surface area contributed by atoms with Crippen LogP contribution in [0.3, 0.4) is 0 Å². The normalized spacial score (nSPS) is 26.0. The van der Waals surface area contributed by atoms with E-state index >= 15 is 0 Å². The molecule has 2 fully saturated rings. The van der Waals surface area contributed by atoms with Gasteiger partial charge >= 0.3 is 0 Å². The highest BCUT2D eigenvalue weighted by Crippen LogP contribution is 2.43. The molecule has 2 aromatic rings. The maximum atomic E-state index is 12.1. The number of fused-ring (bicyclic) bond motifs is 2. The van der Waals surface area contributed by atoms with Crippen molar-refractivity contribution in [2.24, 2.45) is 11.8 Å². The van der Waals surface area contributed by atoms with Crippen molar-refractivity contribution in [3.05, 3.63) is 29.6 Å². The predicted octanol–water partition coefficient (Wildman–Crippen LogP) is 3.08. The summed E-state index contributed by atoms with van der Waals surface area (Å²) in [6.45, 7) is 2.47. The Bertz CT molecular complexity index is 739. The summed E-state index contributed by atoms with van der Waals surface area (Å²) in [5.41, 5.74) is 3.12. The molecule has 0 radical (unpaired) electrons. The van der Waals surface area contributed by atoms with E-state index in [9.17, 15) is 4.79 Å². The third-order valence-electron chi connectivity index (χ3n) is 5.66. The highest BCUT2D eigenvalue weighted by atomic mass is 16.5. The fourth-order valence-electron chi connectivity index (χ4n) is 4.52. The Morgan fingerprint density at radius 3 is 3.12 bits per heavy atom. The van der Waals surface area contributed by atoms with Crippen LogP contribution in [0.1, 0.15) is 43.5 Å². The number of aryl methyl sites for hydroxylation is 1. The molecular formula is C19H25N3O2. The van der Waals surface area contributed by atoms with E-state index in [-0.39, 0.29) is 12.5 Å². The summed E-state index contributed by atoms with van der Waals surface area (Å²) in [6, 6.07) is 6.41. The Morgan fingerprint density at radius 1 is 1.33 bits per heavy atom. The predicted molar refractivity (Wildman–Crippen MR) is 92.5 cm³/mol. The molecule has 2 N–H and O–H groups in total. The molecule has 0 bridgehead atoms. The molecule has 0 spiro atoms. The molecule has 2 saturated carbocycles. The Kier molecular flexibility index (Phi) is 4.27. The van der Waals surface area contributed by atoms with Crippen LogP contribution < -0.4 is 5.32 Å². The molecule has 5 nitrogen and oxygen atoms in total. The van der Waals surface area contributed by atoms with Gasteiger partial charge in [-0.25, -0.2) is 4.98 Å². The first-order chi connectivity index (χ1) is 11.7. The second kappa shape index (κ2) is 6.55. The van der Waals surface area contributed by atoms with Gasteiger partial charge in [0, 0.05) is 6.04 Å². The number of carbonyl (C=O) groups excluding carboxylic acids is 1. The molecule has 0 saturated heterocycles. The fraction of sp³-hybridized carbons (Fsp3) is 0.579. The summed E-state index contributed by atoms with van der Waals surface area (Å²) in [4.78, 5) is 19.9. The fourth-order valence-corrected chi connectivity index (χ4v) is 4.52. The number of hydrogen-bond donors (Lipinski definition) is 2. The number of carbonyl (C=O) groups is 1. The first-order valence-electron chi connectivity index (χ1n) is 9.02. The van der Waals surface area contributed by atoms with E-state index in [0.29, 0.717) is 18.6 Å². The smallest absolute Gasteiger partial charge is 0.246 e. The van der Waals surface area contributed by atoms with Crippen molar-refractivity contribution in [3.8, 4) is 0 Å². The zero-order valence-electron chi connectivity index (χ0n) is 14.2. The maximum absolute atomic E-state index is 12.1. The van der Waals surface area contributed by atoms with Gasteiger partial charge in [0.05, 0.1) is 11.0 Å². The summed E-state index contributed by atoms with van der Waals surface area (Å²) in [5.74, 6) is 2.31. The third-order valence-corrected chi connectivity index (χ3v) is 5.66. The minimum Gasteiger partial charge on any atom is -0.364 e. The monoisotopic (exact) mass is 327 g/mol. The number of para-hydroxylation sites is 1. The number of benzene rings is 1. The molecule has 5 heteroatoms. The minimum atomic E-state index is -0.000147. The topological polar surface area (TPSA) is 67.0 Å². The van der Waals surface area contributed by atoms with E-state index < -0.39 is 0 Å². The maximum Gasteiger partial charge on any atom is 0.246 e. The van der Waals surface area contributed by atoms with Crippen molar-refractivity contribution in [1.82, 2.24) is 15.3 Å². The van der Waals surface area contributed by atoms with Crippen LogP contribution in [0.25, 0.3) is 11.0 Å². The molecule has 2 aliphatic rings. The summed E-state index contributed by atoms with van der Waals surface area (Å²) in [5, 5.41) is 3.18. The van der Waals surface area contributed by atoms with E-state index in [1.165, 1.54) is 25.7 Å². The molecule has 3 atom stereocenters. The standard InChI is InChI=1S/C19H25N3O2/c1-12-4-2-7-16-19(12)22-17(20-16)10-24-11-18(23)21-15-9-8-13-5-3-6-14(13)15/h2,4,7,13-15H,3,5-6,8-11H2,1H3,(H,20,22)(H,21,23)/t13-,14-,15-/m1/s1. The van der Waals surface area contributed by atoms with Crippen molar-refractivity contribution in [2.75, 3.05) is 6.61 Å². The summed E-state index contributed by atoms with van der Waals surface area (Å²) in [7, 11) is 0. The number of H-pyrrole nitrogens is 1. The third kappa shape index (κ3) is 3.05. The van der Waals surface area contributed by atoms with Crippen LogP contribution in [0.2, 0.25) is 0 Å². The van der Waals surface area contributed by atoms with Gasteiger partial charge in [-0.2, -0.15) is 0 Å². The van der Waals surface area contributed by atoms with Crippen molar-refractivity contribution >= 4 is 16.9 Å². The molecule has 0 unspecified atom stereocenters. The second-order valence-corrected chi connectivity index (χ2v) is 7.25. The number of rotatable bonds is 5. The lowest BCUT2D eigenvalue weighted by molar-refractivity contribution is -0.127. The van der Waals surface area contributed by atoms with Gasteiger partial charge < -0.3 is 15.0 Å². The van der Waals surface area contributed by atoms with Gasteiger partial charge in [-0.3, -0.25) is 4.79 Å². The van der Waals surface area contributed by atoms with Gasteiger partial charge in [-0.15, -0.1) is 0 Å². The molecule has 24 heavy (non-hydrogen) atoms. The van der Waals surface area contributed by atoms with Gasteiger partial charge in [0.25, 0.3) is 0 Å². The van der Waals surface area contributed by atoms with Crippen LogP contribution in [0.5, 0.6) is 0 Å². The Labute approximate surface area is 142 Å². The Balaban J connectivity index is 1.27. The van der Waals surface area contributed by atoms with E-state index in [1.807, 2.05) is 25.1 Å². The van der Waals surface area contributed by atoms with E-state index in [1.54, 1.807) is 0 Å². The molecule has 1 aromatic heterocycles. The van der Waals surface area contributed by atoms with Crippen LogP contribution in [-0.2, 0) is 16.1 Å². The molecule has 2 aliphatic carbocycles. The number of aromatic amines is 1. The highest BCUT2D eigenvalue weighted by molar-refractivity contribution is 5.78. The zero-order valence-corrected chi connectivity index (χ0v) is 14.2. The first kappa shape index (κ1) is 15.6. The quantitative estimate of drug-likeness (QED) is 0.887. The number of nitrogens with zero attached hydrogens (tertiary/aromatic N) is 1. The molecular weight excluding hydrogens is 302 g/mol. The molecule has 0 aliphatic heterocycles. The first-order valence-corrected chi connectivity index (χ1v) is 9.02. The number of amides is 1. The lowest BCUT2D eigenvalue weighted by Crippen LogP contribution is -2.39. The molecule has 1 aromatic carbocycles. The van der Waals surface area contributed by atoms with Crippen LogP contribution >= 0.6 is 0 Å². The van der Waals surface area contributed by atoms with Crippen molar-refractivity contribution in [1.29, 1.82) is 0 Å². The Morgan fingerprint density at radius 2 is 2.25 bits per heavy atom. The summed E-state index contributed by atoms with van der Waals surface area (Å²) >= 11 is 0. The van der Waals surface area contributed by atoms with Gasteiger partial charge in [0.15, 0.2) is 0 Å². The summed E-state index contributed by atoms with van der Waals surface area (Å²) in [6.07, 6.45) is 6.34. The van der Waals surface area contributed by atoms with E-state index in [4.69, 9.17) is 4.74 Å². The largest absolute Gasteiger partial charge is 0.364 e. The number of nitrogens with one attached hydrogen (secondary N) is 2. The highest BCUT2D eigenvalue weighted by Gasteiger charge is 2.39. The van der Waals surface area contributed by atoms with E-state index in [2.05, 4.69) is 15.3 Å². The Hall–Kier alpha value is -1.88. The lowest BCUT2D eigenvalue weighted by Gasteiger charge is -2.19. The van der Waals surface area contributed by atoms with Crippen LogP contribution in [0, 0.1) is 18.8 Å². The van der Waals surface area contributed by atoms with Gasteiger partial charge in [0.2, 0.25) is 5.91 Å². The molecule has 1 amide bonds. The number of ether oxygens (including phenoxy) is 1. The van der Waals surface area contributed by atoms with Crippen molar-refractivity contribution in [2.45, 2.75) is 51.7 Å². The number of hydrogen-bond acceptors (Lipinski definition) is 3. The summed E-state index contributed by atoms with van der Waals surface area (Å²) < 4.78 is 5.57. The number of imidazole rings is 1. The van der Waals surface area contributed by atoms with Crippen LogP contribution in [-0.4, -0.2) is 28.5 Å². The SMILES string of the molecule is Cc1cccc2[nH]c(COCC(=O)N[C@@H]3CC[C@H]4CCC[C@H]43)nc12. The lowest BCUT2D eigenvalue weighted by atomic mass is 9.98. The van der Waals surface area contributed by atoms with Crippen molar-refractivity contribution in [3.63, 3.8) is 0 Å². The van der Waals surface area contributed by atoms with Gasteiger partial charge in [0.1, 0.15) is 19.0 Å². The van der Waals surface area contributed by atoms with Crippen LogP contribution in [0.4, 0.5) is 0 Å². The van der Waals surface area contributed by atoms with E-state index in [0.717, 1.165) is 34.8 Å².